The fourth-order valence-electron chi connectivity index (χ4n) is 3.40. The summed E-state index contributed by atoms with van der Waals surface area (Å²) in [7, 11) is 1.46. The maximum atomic E-state index is 14.2. The first-order chi connectivity index (χ1) is 9.75. The van der Waals surface area contributed by atoms with E-state index >= 15 is 0 Å². The molecule has 0 saturated heterocycles. The Kier molecular flexibility index (Phi) is 4.62. The topological polar surface area (TPSA) is 29.5 Å². The molecular weight excluding hydrogens is 267 g/mol. The van der Waals surface area contributed by atoms with Crippen LogP contribution in [-0.4, -0.2) is 17.8 Å². The monoisotopic (exact) mass is 294 g/mol. The molecule has 1 N–H and O–H groups in total. The highest BCUT2D eigenvalue weighted by Crippen LogP contribution is 2.42. The zero-order chi connectivity index (χ0) is 15.7. The third-order valence-electron chi connectivity index (χ3n) is 4.92. The minimum Gasteiger partial charge on any atom is -0.494 e. The van der Waals surface area contributed by atoms with Gasteiger partial charge in [0.1, 0.15) is 0 Å². The van der Waals surface area contributed by atoms with E-state index in [-0.39, 0.29) is 17.0 Å². The lowest BCUT2D eigenvalue weighted by molar-refractivity contribution is -0.0251. The maximum absolute atomic E-state index is 14.2. The number of hydrogen-bond acceptors (Lipinski definition) is 2. The number of halogens is 1. The van der Waals surface area contributed by atoms with E-state index in [9.17, 15) is 9.50 Å². The predicted molar refractivity (Wildman–Crippen MR) is 83.0 cm³/mol. The summed E-state index contributed by atoms with van der Waals surface area (Å²) in [4.78, 5) is 0. The first-order valence-corrected chi connectivity index (χ1v) is 7.79. The molecule has 1 aliphatic carbocycles. The standard InChI is InChI=1S/C18H27FO2/c1-17(2,3)14-8-10-18(20,11-9-14)12-13-6-5-7-15(21-4)16(13)19/h5-7,14,20H,8-12H2,1-4H3. The average Bonchev–Trinajstić information content (AvgIpc) is 2.40. The Morgan fingerprint density at radius 1 is 1.29 bits per heavy atom. The average molecular weight is 294 g/mol. The zero-order valence-electron chi connectivity index (χ0n) is 13.6. The van der Waals surface area contributed by atoms with E-state index in [2.05, 4.69) is 20.8 Å². The summed E-state index contributed by atoms with van der Waals surface area (Å²) >= 11 is 0. The van der Waals surface area contributed by atoms with Crippen molar-refractivity contribution in [3.05, 3.63) is 29.6 Å². The second-order valence-corrected chi connectivity index (χ2v) is 7.47. The first-order valence-electron chi connectivity index (χ1n) is 7.79. The SMILES string of the molecule is COc1cccc(CC2(O)CCC(C(C)(C)C)CC2)c1F. The van der Waals surface area contributed by atoms with E-state index in [0.717, 1.165) is 25.7 Å². The Labute approximate surface area is 127 Å². The molecule has 0 radical (unpaired) electrons. The summed E-state index contributed by atoms with van der Waals surface area (Å²) in [5.74, 6) is 0.541. The highest BCUT2D eigenvalue weighted by atomic mass is 19.1. The summed E-state index contributed by atoms with van der Waals surface area (Å²) in [6, 6.07) is 5.13. The summed E-state index contributed by atoms with van der Waals surface area (Å²) < 4.78 is 19.2. The molecule has 1 saturated carbocycles. The highest BCUT2D eigenvalue weighted by Gasteiger charge is 2.37. The lowest BCUT2D eigenvalue weighted by atomic mass is 9.67. The van der Waals surface area contributed by atoms with Gasteiger partial charge in [0, 0.05) is 6.42 Å². The Morgan fingerprint density at radius 2 is 1.90 bits per heavy atom. The highest BCUT2D eigenvalue weighted by molar-refractivity contribution is 5.32. The number of aliphatic hydroxyl groups is 1. The van der Waals surface area contributed by atoms with Crippen LogP contribution in [0.1, 0.15) is 52.0 Å². The van der Waals surface area contributed by atoms with E-state index < -0.39 is 5.60 Å². The lowest BCUT2D eigenvalue weighted by Gasteiger charge is -2.41. The summed E-state index contributed by atoms with van der Waals surface area (Å²) in [6.07, 6.45) is 3.86. The van der Waals surface area contributed by atoms with Crippen molar-refractivity contribution < 1.29 is 14.2 Å². The summed E-state index contributed by atoms with van der Waals surface area (Å²) in [5, 5.41) is 10.8. The molecule has 118 valence electrons. The molecule has 0 spiro atoms. The van der Waals surface area contributed by atoms with Crippen molar-refractivity contribution in [3.8, 4) is 5.75 Å². The molecule has 0 aliphatic heterocycles. The van der Waals surface area contributed by atoms with E-state index in [4.69, 9.17) is 4.74 Å². The van der Waals surface area contributed by atoms with Gasteiger partial charge in [-0.05, 0) is 48.6 Å². The molecule has 0 atom stereocenters. The van der Waals surface area contributed by atoms with Crippen molar-refractivity contribution in [1.82, 2.24) is 0 Å². The minimum absolute atomic E-state index is 0.250. The second-order valence-electron chi connectivity index (χ2n) is 7.47. The number of rotatable bonds is 3. The molecule has 1 fully saturated rings. The van der Waals surface area contributed by atoms with Crippen LogP contribution in [0.15, 0.2) is 18.2 Å². The van der Waals surface area contributed by atoms with Gasteiger partial charge in [-0.1, -0.05) is 32.9 Å². The molecule has 1 aromatic carbocycles. The van der Waals surface area contributed by atoms with Gasteiger partial charge in [0.25, 0.3) is 0 Å². The Morgan fingerprint density at radius 3 is 2.43 bits per heavy atom. The number of ether oxygens (including phenoxy) is 1. The molecule has 0 heterocycles. The Bertz CT molecular complexity index is 482. The molecule has 0 unspecified atom stereocenters. The largest absolute Gasteiger partial charge is 0.494 e. The van der Waals surface area contributed by atoms with Gasteiger partial charge in [0.15, 0.2) is 11.6 Å². The van der Waals surface area contributed by atoms with Crippen molar-refractivity contribution in [2.75, 3.05) is 7.11 Å². The van der Waals surface area contributed by atoms with E-state index in [1.165, 1.54) is 7.11 Å². The Balaban J connectivity index is 2.07. The number of hydrogen-bond donors (Lipinski definition) is 1. The van der Waals surface area contributed by atoms with Crippen LogP contribution in [0.3, 0.4) is 0 Å². The van der Waals surface area contributed by atoms with Crippen LogP contribution in [0.5, 0.6) is 5.75 Å². The molecule has 3 heteroatoms. The second kappa shape index (κ2) is 5.96. The lowest BCUT2D eigenvalue weighted by Crippen LogP contribution is -2.39. The molecule has 1 aliphatic rings. The quantitative estimate of drug-likeness (QED) is 0.898. The van der Waals surface area contributed by atoms with Crippen LogP contribution in [0.25, 0.3) is 0 Å². The molecule has 2 rings (SSSR count). The smallest absolute Gasteiger partial charge is 0.168 e. The predicted octanol–water partition coefficient (Wildman–Crippen LogP) is 4.34. The summed E-state index contributed by atoms with van der Waals surface area (Å²) in [6.45, 7) is 6.76. The molecule has 0 amide bonds. The molecule has 21 heavy (non-hydrogen) atoms. The van der Waals surface area contributed by atoms with Crippen molar-refractivity contribution in [1.29, 1.82) is 0 Å². The van der Waals surface area contributed by atoms with Gasteiger partial charge in [-0.25, -0.2) is 4.39 Å². The van der Waals surface area contributed by atoms with Gasteiger partial charge in [-0.3, -0.25) is 0 Å². The van der Waals surface area contributed by atoms with Gasteiger partial charge < -0.3 is 9.84 Å². The third-order valence-corrected chi connectivity index (χ3v) is 4.92. The van der Waals surface area contributed by atoms with Crippen molar-refractivity contribution in [2.45, 2.75) is 58.5 Å². The maximum Gasteiger partial charge on any atom is 0.168 e. The van der Waals surface area contributed by atoms with Crippen molar-refractivity contribution in [2.24, 2.45) is 11.3 Å². The fraction of sp³-hybridized carbons (Fsp3) is 0.667. The van der Waals surface area contributed by atoms with Gasteiger partial charge >= 0.3 is 0 Å². The Hall–Kier alpha value is -1.09. The minimum atomic E-state index is -0.783. The van der Waals surface area contributed by atoms with Gasteiger partial charge in [0.2, 0.25) is 0 Å². The number of benzene rings is 1. The molecule has 1 aromatic rings. The van der Waals surface area contributed by atoms with Gasteiger partial charge in [-0.15, -0.1) is 0 Å². The van der Waals surface area contributed by atoms with E-state index in [1.54, 1.807) is 18.2 Å². The molecule has 2 nitrogen and oxygen atoms in total. The normalized spacial score (nSPS) is 26.7. The van der Waals surface area contributed by atoms with E-state index in [1.807, 2.05) is 0 Å². The van der Waals surface area contributed by atoms with Crippen molar-refractivity contribution >= 4 is 0 Å². The zero-order valence-corrected chi connectivity index (χ0v) is 13.6. The van der Waals surface area contributed by atoms with Crippen LogP contribution in [0.4, 0.5) is 4.39 Å². The fourth-order valence-corrected chi connectivity index (χ4v) is 3.40. The van der Waals surface area contributed by atoms with Crippen molar-refractivity contribution in [3.63, 3.8) is 0 Å². The van der Waals surface area contributed by atoms with Gasteiger partial charge in [-0.2, -0.15) is 0 Å². The van der Waals surface area contributed by atoms with Crippen LogP contribution in [-0.2, 0) is 6.42 Å². The summed E-state index contributed by atoms with van der Waals surface area (Å²) in [5.41, 5.74) is 0.0448. The third kappa shape index (κ3) is 3.76. The molecule has 0 aromatic heterocycles. The first kappa shape index (κ1) is 16.3. The van der Waals surface area contributed by atoms with Crippen LogP contribution in [0, 0.1) is 17.2 Å². The number of methoxy groups -OCH3 is 1. The van der Waals surface area contributed by atoms with Crippen LogP contribution in [0.2, 0.25) is 0 Å². The molecule has 0 bridgehead atoms. The molecular formula is C18H27FO2. The van der Waals surface area contributed by atoms with E-state index in [0.29, 0.717) is 17.9 Å². The van der Waals surface area contributed by atoms with Crippen LogP contribution < -0.4 is 4.74 Å². The van der Waals surface area contributed by atoms with Gasteiger partial charge in [0.05, 0.1) is 12.7 Å². The van der Waals surface area contributed by atoms with Crippen LogP contribution >= 0.6 is 0 Å².